The minimum Gasteiger partial charge on any atom is -0.288 e. The minimum absolute atomic E-state index is 0. The van der Waals surface area contributed by atoms with Crippen molar-refractivity contribution in [3.8, 4) is 0 Å². The van der Waals surface area contributed by atoms with Gasteiger partial charge >= 0.3 is 0 Å². The molecule has 0 radical (unpaired) electrons. The smallest absolute Gasteiger partial charge is 0.188 e. The van der Waals surface area contributed by atoms with E-state index in [1.165, 1.54) is 23.5 Å². The summed E-state index contributed by atoms with van der Waals surface area (Å²) in [7, 11) is 0. The van der Waals surface area contributed by atoms with Crippen LogP contribution in [0.3, 0.4) is 0 Å². The second-order valence-corrected chi connectivity index (χ2v) is 3.47. The molecule has 0 aliphatic carbocycles. The fraction of sp³-hybridized carbons (Fsp3) is 0.750. The Morgan fingerprint density at radius 3 is 1.50 bits per heavy atom. The Morgan fingerprint density at radius 2 is 1.50 bits per heavy atom. The molecule has 0 aromatic heterocycles. The second-order valence-electron chi connectivity index (χ2n) is 1.63. The van der Waals surface area contributed by atoms with Crippen molar-refractivity contribution in [2.45, 2.75) is 27.7 Å². The number of carbonyl (C=O) groups excluding carboxylic acids is 2. The Morgan fingerprint density at radius 1 is 1.17 bits per heavy atom. The predicted molar refractivity (Wildman–Crippen MR) is 59.7 cm³/mol. The molecule has 0 aliphatic rings. The summed E-state index contributed by atoms with van der Waals surface area (Å²) in [5, 5.41) is 0.431. The summed E-state index contributed by atoms with van der Waals surface area (Å²) in [6.07, 6.45) is 4.22. The molecular formula is C8H18O2S2. The van der Waals surface area contributed by atoms with Crippen molar-refractivity contribution >= 4 is 33.8 Å². The van der Waals surface area contributed by atoms with Crippen LogP contribution >= 0.6 is 23.5 Å². The normalized spacial score (nSPS) is 7.33. The lowest BCUT2D eigenvalue weighted by Crippen LogP contribution is -1.81. The van der Waals surface area contributed by atoms with Crippen molar-refractivity contribution in [3.05, 3.63) is 0 Å². The molecule has 2 nitrogen and oxygen atoms in total. The SMILES string of the molecule is C.CCC(=O)SC.CSC(C)=O. The largest absolute Gasteiger partial charge is 0.288 e. The van der Waals surface area contributed by atoms with Gasteiger partial charge in [0.2, 0.25) is 0 Å². The first-order valence-corrected chi connectivity index (χ1v) is 5.64. The van der Waals surface area contributed by atoms with Crippen LogP contribution in [0.1, 0.15) is 27.7 Å². The van der Waals surface area contributed by atoms with E-state index >= 15 is 0 Å². The van der Waals surface area contributed by atoms with E-state index in [2.05, 4.69) is 0 Å². The van der Waals surface area contributed by atoms with Gasteiger partial charge < -0.3 is 0 Å². The summed E-state index contributed by atoms with van der Waals surface area (Å²) in [5.74, 6) is 0. The van der Waals surface area contributed by atoms with Crippen molar-refractivity contribution in [1.29, 1.82) is 0 Å². The van der Waals surface area contributed by atoms with E-state index in [9.17, 15) is 9.59 Å². The third kappa shape index (κ3) is 22.5. The maximum Gasteiger partial charge on any atom is 0.188 e. The molecule has 12 heavy (non-hydrogen) atoms. The highest BCUT2D eigenvalue weighted by Gasteiger charge is 1.87. The summed E-state index contributed by atoms with van der Waals surface area (Å²) in [6.45, 7) is 3.41. The molecular weight excluding hydrogens is 192 g/mol. The van der Waals surface area contributed by atoms with Crippen LogP contribution in [0.4, 0.5) is 0 Å². The fourth-order valence-electron chi connectivity index (χ4n) is 0.144. The molecule has 0 bridgehead atoms. The van der Waals surface area contributed by atoms with E-state index in [-0.39, 0.29) is 17.7 Å². The van der Waals surface area contributed by atoms with Gasteiger partial charge in [-0.15, -0.1) is 0 Å². The number of hydrogen-bond donors (Lipinski definition) is 0. The molecule has 0 aromatic carbocycles. The van der Waals surface area contributed by atoms with Crippen molar-refractivity contribution < 1.29 is 9.59 Å². The third-order valence-corrected chi connectivity index (χ3v) is 2.12. The molecule has 0 amide bonds. The molecule has 0 aliphatic heterocycles. The van der Waals surface area contributed by atoms with Gasteiger partial charge in [0.25, 0.3) is 0 Å². The van der Waals surface area contributed by atoms with Gasteiger partial charge in [0.1, 0.15) is 0 Å². The average molecular weight is 210 g/mol. The van der Waals surface area contributed by atoms with Crippen LogP contribution < -0.4 is 0 Å². The van der Waals surface area contributed by atoms with E-state index < -0.39 is 0 Å². The summed E-state index contributed by atoms with van der Waals surface area (Å²) >= 11 is 2.53. The van der Waals surface area contributed by atoms with Gasteiger partial charge in [-0.05, 0) is 12.5 Å². The second kappa shape index (κ2) is 13.6. The maximum atomic E-state index is 10.1. The first-order chi connectivity index (χ1) is 5.08. The van der Waals surface area contributed by atoms with Crippen molar-refractivity contribution in [2.24, 2.45) is 0 Å². The van der Waals surface area contributed by atoms with Gasteiger partial charge in [-0.1, -0.05) is 37.9 Å². The molecule has 0 N–H and O–H groups in total. The molecule has 0 spiro atoms. The van der Waals surface area contributed by atoms with Gasteiger partial charge in [-0.25, -0.2) is 0 Å². The molecule has 0 atom stereocenters. The van der Waals surface area contributed by atoms with E-state index in [4.69, 9.17) is 0 Å². The molecule has 0 fully saturated rings. The standard InChI is InChI=1S/C4H8OS.C3H6OS.CH4/c1-3-4(5)6-2;1-3(4)5-2;/h3H2,1-2H3;1-2H3;1H4. The molecule has 74 valence electrons. The Balaban J connectivity index is -0.000000126. The van der Waals surface area contributed by atoms with E-state index in [1.54, 1.807) is 19.4 Å². The number of carbonyl (C=O) groups is 2. The fourth-order valence-corrected chi connectivity index (χ4v) is 0.433. The molecule has 0 heterocycles. The Bertz CT molecular complexity index is 118. The van der Waals surface area contributed by atoms with E-state index in [0.717, 1.165) is 0 Å². The highest BCUT2D eigenvalue weighted by atomic mass is 32.2. The zero-order valence-corrected chi connectivity index (χ0v) is 8.97. The first-order valence-electron chi connectivity index (χ1n) is 3.19. The zero-order valence-electron chi connectivity index (χ0n) is 7.34. The maximum absolute atomic E-state index is 10.1. The molecule has 4 heteroatoms. The van der Waals surface area contributed by atoms with Crippen LogP contribution in [0.2, 0.25) is 0 Å². The summed E-state index contributed by atoms with van der Waals surface area (Å²) in [6, 6.07) is 0. The highest BCUT2D eigenvalue weighted by molar-refractivity contribution is 8.13. The zero-order chi connectivity index (χ0) is 9.28. The van der Waals surface area contributed by atoms with Crippen molar-refractivity contribution in [2.75, 3.05) is 12.5 Å². The topological polar surface area (TPSA) is 34.1 Å². The van der Waals surface area contributed by atoms with Crippen molar-refractivity contribution in [1.82, 2.24) is 0 Å². The lowest BCUT2D eigenvalue weighted by Gasteiger charge is -1.81. The Labute approximate surface area is 83.9 Å². The van der Waals surface area contributed by atoms with Gasteiger partial charge in [0.05, 0.1) is 0 Å². The molecule has 0 aromatic rings. The van der Waals surface area contributed by atoms with Gasteiger partial charge in [0, 0.05) is 13.3 Å². The lowest BCUT2D eigenvalue weighted by molar-refractivity contribution is -0.111. The van der Waals surface area contributed by atoms with Gasteiger partial charge in [0.15, 0.2) is 10.2 Å². The molecule has 0 saturated heterocycles. The van der Waals surface area contributed by atoms with Crippen molar-refractivity contribution in [3.63, 3.8) is 0 Å². The summed E-state index contributed by atoms with van der Waals surface area (Å²) in [4.78, 5) is 19.9. The third-order valence-electron chi connectivity index (χ3n) is 0.804. The monoisotopic (exact) mass is 210 g/mol. The summed E-state index contributed by atoms with van der Waals surface area (Å²) in [5.41, 5.74) is 0. The van der Waals surface area contributed by atoms with Crippen LogP contribution in [0.5, 0.6) is 0 Å². The Hall–Kier alpha value is 0.0400. The molecule has 0 saturated carbocycles. The molecule has 0 unspecified atom stereocenters. The minimum atomic E-state index is 0. The van der Waals surface area contributed by atoms with Crippen LogP contribution in [0.15, 0.2) is 0 Å². The Kier molecular flexibility index (Phi) is 20.4. The molecule has 0 rings (SSSR count). The van der Waals surface area contributed by atoms with Crippen LogP contribution in [0, 0.1) is 0 Å². The van der Waals surface area contributed by atoms with E-state index in [0.29, 0.717) is 6.42 Å². The number of thioether (sulfide) groups is 2. The van der Waals surface area contributed by atoms with Crippen LogP contribution in [-0.4, -0.2) is 22.7 Å². The quantitative estimate of drug-likeness (QED) is 0.666. The summed E-state index contributed by atoms with van der Waals surface area (Å²) < 4.78 is 0. The lowest BCUT2D eigenvalue weighted by atomic mass is 10.6. The predicted octanol–water partition coefficient (Wildman–Crippen LogP) is 2.82. The first kappa shape index (κ1) is 18.0. The number of rotatable bonds is 1. The van der Waals surface area contributed by atoms with E-state index in [1.807, 2.05) is 6.92 Å². The highest BCUT2D eigenvalue weighted by Crippen LogP contribution is 1.95. The van der Waals surface area contributed by atoms with Gasteiger partial charge in [-0.3, -0.25) is 9.59 Å². The average Bonchev–Trinajstić information content (AvgIpc) is 2.04. The van der Waals surface area contributed by atoms with Crippen LogP contribution in [-0.2, 0) is 9.59 Å². The van der Waals surface area contributed by atoms with Crippen LogP contribution in [0.25, 0.3) is 0 Å². The number of hydrogen-bond acceptors (Lipinski definition) is 4. The van der Waals surface area contributed by atoms with Gasteiger partial charge in [-0.2, -0.15) is 0 Å².